The fourth-order valence-electron chi connectivity index (χ4n) is 7.38. The van der Waals surface area contributed by atoms with Crippen LogP contribution in [0.3, 0.4) is 0 Å². The van der Waals surface area contributed by atoms with Gasteiger partial charge in [-0.1, -0.05) is 13.8 Å². The number of hydrogen-bond donors (Lipinski definition) is 8. The molecule has 0 bridgehead atoms. The minimum absolute atomic E-state index is 0.0437. The minimum Gasteiger partial charge on any atom is -0.481 e. The number of aliphatic carboxylic acids is 2. The molecule has 2 saturated heterocycles. The van der Waals surface area contributed by atoms with Crippen molar-refractivity contribution in [2.24, 2.45) is 11.8 Å². The molecule has 0 saturated carbocycles. The molecule has 4 aliphatic rings. The summed E-state index contributed by atoms with van der Waals surface area (Å²) < 4.78 is 6.37. The van der Waals surface area contributed by atoms with Gasteiger partial charge in [-0.15, -0.1) is 0 Å². The van der Waals surface area contributed by atoms with Gasteiger partial charge in [0.2, 0.25) is 5.91 Å². The molecule has 0 radical (unpaired) electrons. The summed E-state index contributed by atoms with van der Waals surface area (Å²) in [6, 6.07) is -0.520. The van der Waals surface area contributed by atoms with Gasteiger partial charge in [0, 0.05) is 59.0 Å². The number of allylic oxidation sites excluding steroid dienone is 1. The quantitative estimate of drug-likeness (QED) is 0.123. The lowest BCUT2D eigenvalue weighted by atomic mass is 9.85. The molecule has 2 amide bonds. The van der Waals surface area contributed by atoms with Crippen LogP contribution in [0.5, 0.6) is 0 Å². The molecule has 4 aliphatic heterocycles. The highest BCUT2D eigenvalue weighted by Gasteiger charge is 2.68. The van der Waals surface area contributed by atoms with Gasteiger partial charge in [-0.05, 0) is 79.0 Å². The molecule has 248 valence electrons. The molecule has 6 N–H and O–H groups in total. The minimum atomic E-state index is -0.927. The van der Waals surface area contributed by atoms with E-state index in [1.807, 2.05) is 40.7 Å². The largest absolute Gasteiger partial charge is 0.481 e. The van der Waals surface area contributed by atoms with Crippen LogP contribution in [0.4, 0.5) is 0 Å². The van der Waals surface area contributed by atoms with Gasteiger partial charge in [0.25, 0.3) is 5.91 Å². The smallest absolute Gasteiger partial charge is 0.303 e. The van der Waals surface area contributed by atoms with Crippen LogP contribution in [0.25, 0.3) is 6.08 Å². The standard InChI is InChI=1S/C33H42N4O7S2/c1-14-19(6-8-26(38)39)24(34-22(14)12-23-15(2)20(10-11-45)32(43)35-23)13-25-21(7-9-27(40)41)17(4)33(37-25)30(44-33)29-28(18(5)46)16(3)31(42)36-29/h10-11,13,16,18,23,28-30,34,37,45-46H,6-9,12H2,1-5H3,(H,35,43)(H,36,42)(H,38,39)(H,40,41)/b11-10+,25-13-/t16-,18-,23-,28+,29?,30+,33-/m1/s1. The van der Waals surface area contributed by atoms with Crippen molar-refractivity contribution in [3.63, 3.8) is 0 Å². The highest BCUT2D eigenvalue weighted by molar-refractivity contribution is 7.83. The van der Waals surface area contributed by atoms with Crippen LogP contribution < -0.4 is 16.0 Å². The number of aromatic nitrogens is 1. The maximum Gasteiger partial charge on any atom is 0.303 e. The van der Waals surface area contributed by atoms with Crippen molar-refractivity contribution in [2.75, 3.05) is 0 Å². The molecule has 0 aromatic carbocycles. The Kier molecular flexibility index (Phi) is 9.59. The van der Waals surface area contributed by atoms with Crippen LogP contribution in [0.15, 0.2) is 39.5 Å². The van der Waals surface area contributed by atoms with Crippen molar-refractivity contribution in [3.05, 3.63) is 62.0 Å². The van der Waals surface area contributed by atoms with E-state index in [0.717, 1.165) is 33.5 Å². The molecule has 13 heteroatoms. The molecule has 11 nitrogen and oxygen atoms in total. The number of carbonyl (C=O) groups excluding carboxylic acids is 2. The number of H-pyrrole nitrogens is 1. The molecule has 5 rings (SSSR count). The molecule has 1 aromatic rings. The Hall–Kier alpha value is -3.42. The molecule has 0 aliphatic carbocycles. The molecule has 1 spiro atoms. The number of amides is 2. The first-order valence-corrected chi connectivity index (χ1v) is 16.6. The van der Waals surface area contributed by atoms with Gasteiger partial charge in [-0.25, -0.2) is 0 Å². The summed E-state index contributed by atoms with van der Waals surface area (Å²) in [5.41, 5.74) is 6.22. The fourth-order valence-corrected chi connectivity index (χ4v) is 7.98. The zero-order valence-corrected chi connectivity index (χ0v) is 28.4. The number of aromatic amines is 1. The van der Waals surface area contributed by atoms with Gasteiger partial charge < -0.3 is 35.9 Å². The van der Waals surface area contributed by atoms with E-state index < -0.39 is 17.7 Å². The van der Waals surface area contributed by atoms with Crippen LogP contribution in [-0.4, -0.2) is 68.1 Å². The van der Waals surface area contributed by atoms with Gasteiger partial charge in [0.15, 0.2) is 5.72 Å². The lowest BCUT2D eigenvalue weighted by molar-refractivity contribution is -0.138. The summed E-state index contributed by atoms with van der Waals surface area (Å²) in [6.07, 6.45) is 4.05. The number of ether oxygens (including phenoxy) is 1. The first-order chi connectivity index (χ1) is 21.7. The van der Waals surface area contributed by atoms with Crippen molar-refractivity contribution < 1.29 is 34.1 Å². The number of carboxylic acid groups (broad SMARTS) is 2. The maximum absolute atomic E-state index is 12.7. The highest BCUT2D eigenvalue weighted by Crippen LogP contribution is 2.53. The third-order valence-corrected chi connectivity index (χ3v) is 10.5. The number of rotatable bonds is 12. The molecular weight excluding hydrogens is 629 g/mol. The Morgan fingerprint density at radius 2 is 1.76 bits per heavy atom. The van der Waals surface area contributed by atoms with Crippen molar-refractivity contribution in [1.82, 2.24) is 20.9 Å². The van der Waals surface area contributed by atoms with Crippen LogP contribution in [-0.2, 0) is 36.8 Å². The number of hydrogen-bond acceptors (Lipinski definition) is 8. The predicted octanol–water partition coefficient (Wildman–Crippen LogP) is 3.43. The van der Waals surface area contributed by atoms with E-state index in [9.17, 15) is 29.4 Å². The van der Waals surface area contributed by atoms with Crippen LogP contribution in [0.2, 0.25) is 0 Å². The average Bonchev–Trinajstić information content (AvgIpc) is 3.26. The van der Waals surface area contributed by atoms with Gasteiger partial charge in [0.05, 0.1) is 12.1 Å². The monoisotopic (exact) mass is 670 g/mol. The first kappa shape index (κ1) is 33.9. The Balaban J connectivity index is 1.51. The number of carboxylic acids is 2. The lowest BCUT2D eigenvalue weighted by Crippen LogP contribution is -2.43. The normalized spacial score (nSPS) is 30.5. The highest BCUT2D eigenvalue weighted by atomic mass is 32.1. The van der Waals surface area contributed by atoms with Gasteiger partial charge in [-0.3, -0.25) is 19.2 Å². The Morgan fingerprint density at radius 1 is 1.09 bits per heavy atom. The van der Waals surface area contributed by atoms with Crippen LogP contribution >= 0.6 is 25.3 Å². The van der Waals surface area contributed by atoms with Crippen molar-refractivity contribution in [3.8, 4) is 0 Å². The number of nitrogens with one attached hydrogen (secondary N) is 4. The van der Waals surface area contributed by atoms with E-state index in [4.69, 9.17) is 4.74 Å². The summed E-state index contributed by atoms with van der Waals surface area (Å²) in [5.74, 6) is -2.34. The van der Waals surface area contributed by atoms with E-state index in [-0.39, 0.29) is 72.8 Å². The number of thiol groups is 2. The summed E-state index contributed by atoms with van der Waals surface area (Å²) in [5, 5.41) is 30.2. The van der Waals surface area contributed by atoms with Crippen LogP contribution in [0.1, 0.15) is 69.5 Å². The number of epoxide rings is 1. The average molecular weight is 671 g/mol. The molecular formula is C33H42N4O7S2. The lowest BCUT2D eigenvalue weighted by Gasteiger charge is -2.24. The Morgan fingerprint density at radius 3 is 2.39 bits per heavy atom. The summed E-state index contributed by atoms with van der Waals surface area (Å²) in [7, 11) is 0. The van der Waals surface area contributed by atoms with Gasteiger partial charge in [-0.2, -0.15) is 25.3 Å². The predicted molar refractivity (Wildman–Crippen MR) is 179 cm³/mol. The van der Waals surface area contributed by atoms with Crippen LogP contribution in [0, 0.1) is 18.8 Å². The van der Waals surface area contributed by atoms with E-state index >= 15 is 0 Å². The topological polar surface area (TPSA) is 173 Å². The SMILES string of the molecule is CC1=C(/C=C/S)C(=O)N[C@@H]1Cc1[nH]c(/C=C2\N[C@@]3(O[C@H]3C3NC(=O)[C@H](C)[C@H]3[C@@H](C)S)C(C)=C2CCC(=O)O)c(CCC(=O)O)c1C. The summed E-state index contributed by atoms with van der Waals surface area (Å²) in [4.78, 5) is 52.0. The third-order valence-electron chi connectivity index (χ3n) is 10.0. The maximum atomic E-state index is 12.7. The Labute approximate surface area is 279 Å². The Bertz CT molecular complexity index is 1610. The van der Waals surface area contributed by atoms with Crippen molar-refractivity contribution in [2.45, 2.75) is 95.9 Å². The second-order valence-corrected chi connectivity index (χ2v) is 13.9. The summed E-state index contributed by atoms with van der Waals surface area (Å²) in [6.45, 7) is 9.63. The second-order valence-electron chi connectivity index (χ2n) is 12.8. The van der Waals surface area contributed by atoms with Gasteiger partial charge >= 0.3 is 11.9 Å². The van der Waals surface area contributed by atoms with E-state index in [2.05, 4.69) is 46.2 Å². The first-order valence-electron chi connectivity index (χ1n) is 15.5. The van der Waals surface area contributed by atoms with E-state index in [1.165, 1.54) is 5.41 Å². The van der Waals surface area contributed by atoms with Gasteiger partial charge in [0.1, 0.15) is 6.10 Å². The van der Waals surface area contributed by atoms with E-state index in [1.54, 1.807) is 6.08 Å². The molecule has 2 fully saturated rings. The molecule has 1 unspecified atom stereocenters. The van der Waals surface area contributed by atoms with Crippen molar-refractivity contribution >= 4 is 55.1 Å². The molecule has 7 atom stereocenters. The molecule has 1 aromatic heterocycles. The van der Waals surface area contributed by atoms with E-state index in [0.29, 0.717) is 23.4 Å². The van der Waals surface area contributed by atoms with Crippen molar-refractivity contribution in [1.29, 1.82) is 0 Å². The zero-order chi connectivity index (χ0) is 33.7. The molecule has 5 heterocycles. The second kappa shape index (κ2) is 13.0. The number of carbonyl (C=O) groups is 4. The molecule has 46 heavy (non-hydrogen) atoms. The zero-order valence-electron chi connectivity index (χ0n) is 26.6. The fraction of sp³-hybridized carbons (Fsp3) is 0.515. The third kappa shape index (κ3) is 6.16. The summed E-state index contributed by atoms with van der Waals surface area (Å²) >= 11 is 8.79.